The molecular weight excluding hydrogens is 318 g/mol. The maximum atomic E-state index is 12.4. The van der Waals surface area contributed by atoms with E-state index in [1.807, 2.05) is 30.3 Å². The minimum atomic E-state index is -0.625. The van der Waals surface area contributed by atoms with Crippen LogP contribution in [0, 0.1) is 0 Å². The summed E-state index contributed by atoms with van der Waals surface area (Å²) in [6.45, 7) is 2.13. The first kappa shape index (κ1) is 16.6. The molecule has 7 nitrogen and oxygen atoms in total. The Bertz CT molecular complexity index is 777. The Labute approximate surface area is 145 Å². The Balaban J connectivity index is 1.63. The standard InChI is InChI=1S/C18H19N5O2/c1-13-18(25)23(15-7-3-2-4-8-15)22-16(21-13)17(24)20-11-9-14-6-5-10-19-12-14/h2-8,10,12-13H,9,11H2,1H3,(H,20,24)(H,21,22). The van der Waals surface area contributed by atoms with Crippen LogP contribution in [-0.4, -0.2) is 35.2 Å². The van der Waals surface area contributed by atoms with Crippen LogP contribution in [0.2, 0.25) is 0 Å². The molecule has 0 saturated carbocycles. The molecule has 3 rings (SSSR count). The van der Waals surface area contributed by atoms with E-state index in [2.05, 4.69) is 20.7 Å². The molecule has 1 aromatic heterocycles. The van der Waals surface area contributed by atoms with Gasteiger partial charge in [-0.2, -0.15) is 0 Å². The van der Waals surface area contributed by atoms with Crippen LogP contribution in [0.4, 0.5) is 5.69 Å². The number of hydrogen-bond donors (Lipinski definition) is 2. The lowest BCUT2D eigenvalue weighted by Crippen LogP contribution is -2.58. The van der Waals surface area contributed by atoms with E-state index in [9.17, 15) is 9.59 Å². The molecule has 0 radical (unpaired) electrons. The molecule has 1 atom stereocenters. The minimum Gasteiger partial charge on any atom is -0.349 e. The van der Waals surface area contributed by atoms with E-state index >= 15 is 0 Å². The summed E-state index contributed by atoms with van der Waals surface area (Å²) < 4.78 is 0. The van der Waals surface area contributed by atoms with Crippen molar-refractivity contribution in [1.29, 1.82) is 0 Å². The summed E-state index contributed by atoms with van der Waals surface area (Å²) in [5.41, 5.74) is 4.51. The maximum absolute atomic E-state index is 12.4. The molecular formula is C18H19N5O2. The lowest BCUT2D eigenvalue weighted by atomic mass is 10.2. The summed E-state index contributed by atoms with van der Waals surface area (Å²) >= 11 is 0. The van der Waals surface area contributed by atoms with Gasteiger partial charge in [-0.1, -0.05) is 24.3 Å². The number of amides is 2. The molecule has 2 heterocycles. The van der Waals surface area contributed by atoms with Gasteiger partial charge in [-0.15, -0.1) is 0 Å². The monoisotopic (exact) mass is 337 g/mol. The van der Waals surface area contributed by atoms with Gasteiger partial charge in [0.1, 0.15) is 6.04 Å². The van der Waals surface area contributed by atoms with E-state index in [1.54, 1.807) is 31.5 Å². The lowest BCUT2D eigenvalue weighted by Gasteiger charge is -2.30. The Morgan fingerprint density at radius 2 is 2.04 bits per heavy atom. The Kier molecular flexibility index (Phi) is 5.03. The molecule has 0 saturated heterocycles. The third-order valence-corrected chi connectivity index (χ3v) is 3.77. The first-order chi connectivity index (χ1) is 12.1. The first-order valence-corrected chi connectivity index (χ1v) is 8.06. The molecule has 2 aromatic rings. The van der Waals surface area contributed by atoms with Crippen molar-refractivity contribution in [2.75, 3.05) is 11.6 Å². The number of aliphatic imine (C=N–C) groups is 1. The zero-order valence-electron chi connectivity index (χ0n) is 13.8. The molecule has 1 aliphatic heterocycles. The molecule has 1 aliphatic rings. The number of hydrazine groups is 1. The van der Waals surface area contributed by atoms with Crippen molar-refractivity contribution in [1.82, 2.24) is 15.7 Å². The summed E-state index contributed by atoms with van der Waals surface area (Å²) in [6.07, 6.45) is 4.14. The number of carbonyl (C=O) groups is 2. The number of para-hydroxylation sites is 1. The molecule has 1 unspecified atom stereocenters. The number of anilines is 1. The van der Waals surface area contributed by atoms with Crippen LogP contribution in [0.3, 0.4) is 0 Å². The zero-order chi connectivity index (χ0) is 17.6. The number of aromatic nitrogens is 1. The number of nitrogens with one attached hydrogen (secondary N) is 2. The van der Waals surface area contributed by atoms with E-state index in [0.29, 0.717) is 18.7 Å². The molecule has 2 N–H and O–H groups in total. The first-order valence-electron chi connectivity index (χ1n) is 8.06. The third kappa shape index (κ3) is 4.00. The average molecular weight is 337 g/mol. The fraction of sp³-hybridized carbons (Fsp3) is 0.222. The smallest absolute Gasteiger partial charge is 0.288 e. The van der Waals surface area contributed by atoms with E-state index in [-0.39, 0.29) is 17.6 Å². The summed E-state index contributed by atoms with van der Waals surface area (Å²) in [5, 5.41) is 4.17. The van der Waals surface area contributed by atoms with E-state index in [1.165, 1.54) is 5.01 Å². The van der Waals surface area contributed by atoms with Crippen LogP contribution < -0.4 is 15.8 Å². The Hall–Kier alpha value is -3.22. The van der Waals surface area contributed by atoms with Crippen LogP contribution in [0.25, 0.3) is 0 Å². The van der Waals surface area contributed by atoms with Gasteiger partial charge in [0, 0.05) is 18.9 Å². The number of nitrogens with zero attached hydrogens (tertiary/aromatic N) is 3. The molecule has 2 amide bonds. The summed E-state index contributed by atoms with van der Waals surface area (Å²) in [5.74, 6) is -0.426. The number of amidine groups is 1. The van der Waals surface area contributed by atoms with Crippen LogP contribution in [0.1, 0.15) is 12.5 Å². The molecule has 128 valence electrons. The number of pyridine rings is 1. The number of hydrogen-bond acceptors (Lipinski definition) is 5. The van der Waals surface area contributed by atoms with Gasteiger partial charge >= 0.3 is 0 Å². The molecule has 0 fully saturated rings. The lowest BCUT2D eigenvalue weighted by molar-refractivity contribution is -0.120. The van der Waals surface area contributed by atoms with Crippen molar-refractivity contribution in [3.05, 3.63) is 60.4 Å². The van der Waals surface area contributed by atoms with E-state index < -0.39 is 6.04 Å². The van der Waals surface area contributed by atoms with Gasteiger partial charge in [0.05, 0.1) is 5.69 Å². The highest BCUT2D eigenvalue weighted by atomic mass is 16.2. The van der Waals surface area contributed by atoms with Gasteiger partial charge in [0.15, 0.2) is 0 Å². The molecule has 1 aromatic carbocycles. The van der Waals surface area contributed by atoms with Gasteiger partial charge in [0.25, 0.3) is 11.8 Å². The van der Waals surface area contributed by atoms with Gasteiger partial charge in [-0.25, -0.2) is 10.0 Å². The summed E-state index contributed by atoms with van der Waals surface area (Å²) in [4.78, 5) is 32.9. The molecule has 7 heteroatoms. The predicted molar refractivity (Wildman–Crippen MR) is 94.9 cm³/mol. The quantitative estimate of drug-likeness (QED) is 0.855. The summed E-state index contributed by atoms with van der Waals surface area (Å²) in [6, 6.07) is 12.3. The SMILES string of the molecule is CC1N=C(C(=O)NCCc2cccnc2)NN(c2ccccc2)C1=O. The van der Waals surface area contributed by atoms with Crippen LogP contribution in [0.5, 0.6) is 0 Å². The fourth-order valence-corrected chi connectivity index (χ4v) is 2.45. The Morgan fingerprint density at radius 3 is 2.76 bits per heavy atom. The van der Waals surface area contributed by atoms with Crippen molar-refractivity contribution in [2.24, 2.45) is 4.99 Å². The van der Waals surface area contributed by atoms with Crippen molar-refractivity contribution >= 4 is 23.3 Å². The van der Waals surface area contributed by atoms with Gasteiger partial charge in [-0.3, -0.25) is 20.0 Å². The van der Waals surface area contributed by atoms with Crippen LogP contribution in [0.15, 0.2) is 59.9 Å². The van der Waals surface area contributed by atoms with Gasteiger partial charge in [-0.05, 0) is 37.1 Å². The minimum absolute atomic E-state index is 0.127. The fourth-order valence-electron chi connectivity index (χ4n) is 2.45. The zero-order valence-corrected chi connectivity index (χ0v) is 13.8. The highest BCUT2D eigenvalue weighted by Crippen LogP contribution is 2.15. The second-order valence-electron chi connectivity index (χ2n) is 5.64. The van der Waals surface area contributed by atoms with Crippen molar-refractivity contribution in [3.63, 3.8) is 0 Å². The predicted octanol–water partition coefficient (Wildman–Crippen LogP) is 1.08. The Morgan fingerprint density at radius 1 is 1.24 bits per heavy atom. The highest BCUT2D eigenvalue weighted by Gasteiger charge is 2.30. The molecule has 0 spiro atoms. The number of rotatable bonds is 5. The molecule has 0 bridgehead atoms. The number of carbonyl (C=O) groups excluding carboxylic acids is 2. The largest absolute Gasteiger partial charge is 0.349 e. The second-order valence-corrected chi connectivity index (χ2v) is 5.64. The van der Waals surface area contributed by atoms with Gasteiger partial charge < -0.3 is 5.32 Å². The molecule has 0 aliphatic carbocycles. The summed E-state index contributed by atoms with van der Waals surface area (Å²) in [7, 11) is 0. The van der Waals surface area contributed by atoms with Crippen LogP contribution >= 0.6 is 0 Å². The van der Waals surface area contributed by atoms with Crippen molar-refractivity contribution in [2.45, 2.75) is 19.4 Å². The second kappa shape index (κ2) is 7.57. The van der Waals surface area contributed by atoms with E-state index in [4.69, 9.17) is 0 Å². The highest BCUT2D eigenvalue weighted by molar-refractivity contribution is 6.39. The number of benzene rings is 1. The maximum Gasteiger partial charge on any atom is 0.288 e. The average Bonchev–Trinajstić information content (AvgIpc) is 2.65. The van der Waals surface area contributed by atoms with E-state index in [0.717, 1.165) is 5.56 Å². The molecule has 25 heavy (non-hydrogen) atoms. The van der Waals surface area contributed by atoms with Crippen molar-refractivity contribution in [3.8, 4) is 0 Å². The van der Waals surface area contributed by atoms with Crippen molar-refractivity contribution < 1.29 is 9.59 Å². The third-order valence-electron chi connectivity index (χ3n) is 3.77. The topological polar surface area (TPSA) is 86.7 Å². The van der Waals surface area contributed by atoms with Crippen LogP contribution in [-0.2, 0) is 16.0 Å². The van der Waals surface area contributed by atoms with Gasteiger partial charge in [0.2, 0.25) is 5.84 Å². The normalized spacial score (nSPS) is 16.8.